The van der Waals surface area contributed by atoms with Crippen LogP contribution in [0.5, 0.6) is 0 Å². The van der Waals surface area contributed by atoms with E-state index in [1.807, 2.05) is 6.92 Å². The van der Waals surface area contributed by atoms with Crippen LogP contribution in [0.4, 0.5) is 0 Å². The molecule has 0 aliphatic carbocycles. The summed E-state index contributed by atoms with van der Waals surface area (Å²) in [5, 5.41) is 7.05. The Morgan fingerprint density at radius 3 is 2.87 bits per heavy atom. The molecule has 1 amide bonds. The minimum atomic E-state index is 0.0814. The maximum absolute atomic E-state index is 11.4. The van der Waals surface area contributed by atoms with Gasteiger partial charge in [0, 0.05) is 19.0 Å². The highest BCUT2D eigenvalue weighted by Gasteiger charge is 2.04. The third kappa shape index (κ3) is 4.44. The Balaban J connectivity index is 2.26. The Hall–Kier alpha value is -0.870. The van der Waals surface area contributed by atoms with Crippen molar-refractivity contribution in [3.63, 3.8) is 0 Å². The zero-order chi connectivity index (χ0) is 11.3. The van der Waals surface area contributed by atoms with Gasteiger partial charge >= 0.3 is 0 Å². The monoisotopic (exact) mass is 226 g/mol. The molecule has 15 heavy (non-hydrogen) atoms. The standard InChI is InChI=1S/C11H18N2OS/c1-8-6-15-7-10(8)5-13-11(14)4-3-9(2)12/h6-7,9H,3-5,12H2,1-2H3,(H,13,14). The summed E-state index contributed by atoms with van der Waals surface area (Å²) >= 11 is 1.66. The third-order valence-corrected chi connectivity index (χ3v) is 3.17. The number of carbonyl (C=O) groups excluding carboxylic acids is 1. The van der Waals surface area contributed by atoms with Crippen molar-refractivity contribution in [1.82, 2.24) is 5.32 Å². The van der Waals surface area contributed by atoms with Crippen LogP contribution in [-0.2, 0) is 11.3 Å². The van der Waals surface area contributed by atoms with Crippen LogP contribution < -0.4 is 11.1 Å². The summed E-state index contributed by atoms with van der Waals surface area (Å²) in [6, 6.07) is 0.0960. The van der Waals surface area contributed by atoms with Crippen LogP contribution in [0.15, 0.2) is 10.8 Å². The molecule has 4 heteroatoms. The van der Waals surface area contributed by atoms with Crippen molar-refractivity contribution in [2.45, 2.75) is 39.3 Å². The van der Waals surface area contributed by atoms with Crippen LogP contribution in [0.2, 0.25) is 0 Å². The summed E-state index contributed by atoms with van der Waals surface area (Å²) in [5.74, 6) is 0.0814. The van der Waals surface area contributed by atoms with E-state index < -0.39 is 0 Å². The molecule has 1 unspecified atom stereocenters. The fourth-order valence-corrected chi connectivity index (χ4v) is 2.07. The quantitative estimate of drug-likeness (QED) is 0.804. The SMILES string of the molecule is Cc1cscc1CNC(=O)CCC(C)N. The van der Waals surface area contributed by atoms with Gasteiger partial charge in [0.15, 0.2) is 0 Å². The third-order valence-electron chi connectivity index (χ3n) is 2.26. The number of nitrogens with two attached hydrogens (primary N) is 1. The van der Waals surface area contributed by atoms with Crippen LogP contribution in [-0.4, -0.2) is 11.9 Å². The Kier molecular flexibility index (Phi) is 4.78. The number of hydrogen-bond donors (Lipinski definition) is 2. The number of thiophene rings is 1. The molecule has 3 nitrogen and oxygen atoms in total. The summed E-state index contributed by atoms with van der Waals surface area (Å²) in [6.45, 7) is 4.60. The minimum Gasteiger partial charge on any atom is -0.352 e. The van der Waals surface area contributed by atoms with E-state index in [0.717, 1.165) is 6.42 Å². The van der Waals surface area contributed by atoms with Crippen molar-refractivity contribution < 1.29 is 4.79 Å². The molecule has 0 radical (unpaired) electrons. The molecule has 0 saturated carbocycles. The van der Waals surface area contributed by atoms with E-state index in [4.69, 9.17) is 5.73 Å². The summed E-state index contributed by atoms with van der Waals surface area (Å²) in [7, 11) is 0. The molecule has 0 spiro atoms. The van der Waals surface area contributed by atoms with E-state index in [0.29, 0.717) is 13.0 Å². The molecule has 84 valence electrons. The predicted molar refractivity (Wildman–Crippen MR) is 63.8 cm³/mol. The number of aryl methyl sites for hydroxylation is 1. The molecule has 0 bridgehead atoms. The van der Waals surface area contributed by atoms with Gasteiger partial charge in [0.25, 0.3) is 0 Å². The van der Waals surface area contributed by atoms with E-state index in [1.54, 1.807) is 11.3 Å². The second-order valence-electron chi connectivity index (χ2n) is 3.87. The highest BCUT2D eigenvalue weighted by molar-refractivity contribution is 7.08. The summed E-state index contributed by atoms with van der Waals surface area (Å²) in [4.78, 5) is 11.4. The molecule has 1 atom stereocenters. The molecule has 1 rings (SSSR count). The van der Waals surface area contributed by atoms with Gasteiger partial charge in [-0.3, -0.25) is 4.79 Å². The van der Waals surface area contributed by atoms with E-state index in [1.165, 1.54) is 11.1 Å². The van der Waals surface area contributed by atoms with Gasteiger partial charge in [-0.15, -0.1) is 0 Å². The maximum Gasteiger partial charge on any atom is 0.220 e. The van der Waals surface area contributed by atoms with Crippen molar-refractivity contribution >= 4 is 17.2 Å². The molecular formula is C11H18N2OS. The van der Waals surface area contributed by atoms with Crippen LogP contribution in [0.1, 0.15) is 30.9 Å². The van der Waals surface area contributed by atoms with Gasteiger partial charge < -0.3 is 11.1 Å². The average Bonchev–Trinajstić information content (AvgIpc) is 2.58. The van der Waals surface area contributed by atoms with Crippen molar-refractivity contribution in [3.8, 4) is 0 Å². The van der Waals surface area contributed by atoms with Gasteiger partial charge in [-0.1, -0.05) is 0 Å². The first kappa shape index (κ1) is 12.2. The molecule has 0 aliphatic heterocycles. The topological polar surface area (TPSA) is 55.1 Å². The smallest absolute Gasteiger partial charge is 0.220 e. The Morgan fingerprint density at radius 1 is 1.60 bits per heavy atom. The molecule has 3 N–H and O–H groups in total. The number of carbonyl (C=O) groups is 1. The van der Waals surface area contributed by atoms with Crippen molar-refractivity contribution in [3.05, 3.63) is 21.9 Å². The van der Waals surface area contributed by atoms with Crippen LogP contribution in [0, 0.1) is 6.92 Å². The van der Waals surface area contributed by atoms with Crippen molar-refractivity contribution in [2.24, 2.45) is 5.73 Å². The lowest BCUT2D eigenvalue weighted by molar-refractivity contribution is -0.121. The van der Waals surface area contributed by atoms with Gasteiger partial charge in [0.1, 0.15) is 0 Å². The number of nitrogens with one attached hydrogen (secondary N) is 1. The fourth-order valence-electron chi connectivity index (χ4n) is 1.21. The van der Waals surface area contributed by atoms with Gasteiger partial charge in [-0.05, 0) is 42.2 Å². The zero-order valence-corrected chi connectivity index (χ0v) is 10.1. The first-order valence-corrected chi connectivity index (χ1v) is 6.08. The minimum absolute atomic E-state index is 0.0814. The summed E-state index contributed by atoms with van der Waals surface area (Å²) in [5.41, 5.74) is 8.02. The van der Waals surface area contributed by atoms with E-state index >= 15 is 0 Å². The largest absolute Gasteiger partial charge is 0.352 e. The van der Waals surface area contributed by atoms with Gasteiger partial charge in [-0.2, -0.15) is 11.3 Å². The van der Waals surface area contributed by atoms with Crippen LogP contribution >= 0.6 is 11.3 Å². The number of rotatable bonds is 5. The van der Waals surface area contributed by atoms with Gasteiger partial charge in [-0.25, -0.2) is 0 Å². The van der Waals surface area contributed by atoms with Crippen molar-refractivity contribution in [2.75, 3.05) is 0 Å². The van der Waals surface area contributed by atoms with Gasteiger partial charge in [0.2, 0.25) is 5.91 Å². The fraction of sp³-hybridized carbons (Fsp3) is 0.545. The van der Waals surface area contributed by atoms with E-state index in [2.05, 4.69) is 23.0 Å². The number of hydrogen-bond acceptors (Lipinski definition) is 3. The Labute approximate surface area is 94.7 Å². The molecule has 0 saturated heterocycles. The molecular weight excluding hydrogens is 208 g/mol. The Bertz CT molecular complexity index is 320. The maximum atomic E-state index is 11.4. The second kappa shape index (κ2) is 5.88. The van der Waals surface area contributed by atoms with Crippen molar-refractivity contribution in [1.29, 1.82) is 0 Å². The average molecular weight is 226 g/mol. The highest BCUT2D eigenvalue weighted by atomic mass is 32.1. The van der Waals surface area contributed by atoms with E-state index in [9.17, 15) is 4.79 Å². The lowest BCUT2D eigenvalue weighted by Crippen LogP contribution is -2.25. The lowest BCUT2D eigenvalue weighted by Gasteiger charge is -2.06. The lowest BCUT2D eigenvalue weighted by atomic mass is 10.2. The highest BCUT2D eigenvalue weighted by Crippen LogP contribution is 2.12. The van der Waals surface area contributed by atoms with Gasteiger partial charge in [0.05, 0.1) is 0 Å². The second-order valence-corrected chi connectivity index (χ2v) is 4.62. The molecule has 0 aliphatic rings. The molecule has 0 aromatic carbocycles. The summed E-state index contributed by atoms with van der Waals surface area (Å²) in [6.07, 6.45) is 1.26. The summed E-state index contributed by atoms with van der Waals surface area (Å²) < 4.78 is 0. The number of amides is 1. The zero-order valence-electron chi connectivity index (χ0n) is 9.25. The van der Waals surface area contributed by atoms with Crippen LogP contribution in [0.25, 0.3) is 0 Å². The predicted octanol–water partition coefficient (Wildman–Crippen LogP) is 1.80. The van der Waals surface area contributed by atoms with E-state index in [-0.39, 0.29) is 11.9 Å². The first-order chi connectivity index (χ1) is 7.09. The molecule has 1 aromatic heterocycles. The molecule has 1 aromatic rings. The molecule has 0 fully saturated rings. The first-order valence-electron chi connectivity index (χ1n) is 5.13. The van der Waals surface area contributed by atoms with Crippen LogP contribution in [0.3, 0.4) is 0 Å². The normalized spacial score (nSPS) is 12.5. The molecule has 1 heterocycles. The Morgan fingerprint density at radius 2 is 2.33 bits per heavy atom.